The minimum atomic E-state index is -0.104. The van der Waals surface area contributed by atoms with Crippen molar-refractivity contribution in [2.75, 3.05) is 11.1 Å². The summed E-state index contributed by atoms with van der Waals surface area (Å²) in [6.45, 7) is 0. The van der Waals surface area contributed by atoms with Gasteiger partial charge >= 0.3 is 0 Å². The van der Waals surface area contributed by atoms with Gasteiger partial charge in [-0.25, -0.2) is 0 Å². The SMILES string of the molecule is Cn1c(SCC(=O)Nc2ccc(Cl)cc2)nnc1-c1csc2ccccc12. The lowest BCUT2D eigenvalue weighted by Gasteiger charge is -2.05. The lowest BCUT2D eigenvalue weighted by molar-refractivity contribution is -0.113. The van der Waals surface area contributed by atoms with Crippen LogP contribution in [0.15, 0.2) is 59.1 Å². The number of rotatable bonds is 5. The number of benzene rings is 2. The van der Waals surface area contributed by atoms with E-state index in [-0.39, 0.29) is 11.7 Å². The zero-order chi connectivity index (χ0) is 18.8. The van der Waals surface area contributed by atoms with Crippen LogP contribution in [0, 0.1) is 0 Å². The molecule has 4 aromatic rings. The topological polar surface area (TPSA) is 59.8 Å². The molecule has 0 atom stereocenters. The molecule has 2 aromatic heterocycles. The van der Waals surface area contributed by atoms with Crippen molar-refractivity contribution >= 4 is 56.4 Å². The first-order chi connectivity index (χ1) is 13.1. The van der Waals surface area contributed by atoms with E-state index in [0.717, 1.165) is 16.8 Å². The van der Waals surface area contributed by atoms with Crippen molar-refractivity contribution in [2.45, 2.75) is 5.16 Å². The molecule has 136 valence electrons. The number of nitrogens with one attached hydrogen (secondary N) is 1. The summed E-state index contributed by atoms with van der Waals surface area (Å²) >= 11 is 8.90. The number of aromatic nitrogens is 3. The van der Waals surface area contributed by atoms with Gasteiger partial charge in [-0.15, -0.1) is 21.5 Å². The van der Waals surface area contributed by atoms with Crippen molar-refractivity contribution in [1.82, 2.24) is 14.8 Å². The van der Waals surface area contributed by atoms with E-state index in [9.17, 15) is 4.79 Å². The van der Waals surface area contributed by atoms with Crippen LogP contribution in [0.3, 0.4) is 0 Å². The maximum Gasteiger partial charge on any atom is 0.234 e. The maximum absolute atomic E-state index is 12.2. The normalized spacial score (nSPS) is 11.0. The molecular weight excluding hydrogens is 400 g/mol. The zero-order valence-electron chi connectivity index (χ0n) is 14.3. The molecule has 0 saturated carbocycles. The minimum Gasteiger partial charge on any atom is -0.325 e. The fraction of sp³-hybridized carbons (Fsp3) is 0.105. The van der Waals surface area contributed by atoms with Gasteiger partial charge in [-0.3, -0.25) is 4.79 Å². The molecule has 0 radical (unpaired) electrons. The van der Waals surface area contributed by atoms with Crippen molar-refractivity contribution in [2.24, 2.45) is 7.05 Å². The summed E-state index contributed by atoms with van der Waals surface area (Å²) in [6, 6.07) is 15.2. The third kappa shape index (κ3) is 3.85. The average molecular weight is 415 g/mol. The monoisotopic (exact) mass is 414 g/mol. The second-order valence-electron chi connectivity index (χ2n) is 5.85. The van der Waals surface area contributed by atoms with Gasteiger partial charge < -0.3 is 9.88 Å². The largest absolute Gasteiger partial charge is 0.325 e. The number of carbonyl (C=O) groups excluding carboxylic acids is 1. The van der Waals surface area contributed by atoms with E-state index in [1.165, 1.54) is 16.5 Å². The molecule has 0 aliphatic rings. The third-order valence-electron chi connectivity index (χ3n) is 4.02. The van der Waals surface area contributed by atoms with Crippen LogP contribution in [0.5, 0.6) is 0 Å². The number of hydrogen-bond donors (Lipinski definition) is 1. The van der Waals surface area contributed by atoms with Crippen LogP contribution >= 0.6 is 34.7 Å². The lowest BCUT2D eigenvalue weighted by atomic mass is 10.2. The van der Waals surface area contributed by atoms with Gasteiger partial charge in [0.05, 0.1) is 5.75 Å². The summed E-state index contributed by atoms with van der Waals surface area (Å²) in [5.74, 6) is 0.944. The second-order valence-corrected chi connectivity index (χ2v) is 8.14. The quantitative estimate of drug-likeness (QED) is 0.462. The highest BCUT2D eigenvalue weighted by molar-refractivity contribution is 7.99. The van der Waals surface area contributed by atoms with Crippen LogP contribution in [0.25, 0.3) is 21.5 Å². The van der Waals surface area contributed by atoms with E-state index in [0.29, 0.717) is 15.9 Å². The molecule has 5 nitrogen and oxygen atoms in total. The summed E-state index contributed by atoms with van der Waals surface area (Å²) < 4.78 is 3.14. The van der Waals surface area contributed by atoms with Crippen LogP contribution in [0.4, 0.5) is 5.69 Å². The number of halogens is 1. The van der Waals surface area contributed by atoms with Crippen LogP contribution < -0.4 is 5.32 Å². The second kappa shape index (κ2) is 7.72. The molecule has 1 N–H and O–H groups in total. The standard InChI is InChI=1S/C19H15ClN4OS2/c1-24-18(15-10-26-16-5-3-2-4-14(15)16)22-23-19(24)27-11-17(25)21-13-8-6-12(20)7-9-13/h2-10H,11H2,1H3,(H,21,25). The highest BCUT2D eigenvalue weighted by Crippen LogP contribution is 2.33. The Bertz CT molecular complexity index is 1100. The first-order valence-corrected chi connectivity index (χ1v) is 10.4. The predicted octanol–water partition coefficient (Wildman–Crippen LogP) is 5.08. The molecule has 0 saturated heterocycles. The van der Waals surface area contributed by atoms with Crippen molar-refractivity contribution in [1.29, 1.82) is 0 Å². The van der Waals surface area contributed by atoms with Crippen molar-refractivity contribution in [3.63, 3.8) is 0 Å². The fourth-order valence-electron chi connectivity index (χ4n) is 2.69. The molecule has 0 unspecified atom stereocenters. The average Bonchev–Trinajstić information content (AvgIpc) is 3.25. The number of thiophene rings is 1. The fourth-order valence-corrected chi connectivity index (χ4v) is 4.46. The first kappa shape index (κ1) is 18.0. The van der Waals surface area contributed by atoms with Gasteiger partial charge in [0.1, 0.15) is 0 Å². The third-order valence-corrected chi connectivity index (χ3v) is 6.25. The summed E-state index contributed by atoms with van der Waals surface area (Å²) in [5, 5.41) is 16.0. The van der Waals surface area contributed by atoms with Gasteiger partial charge in [0.2, 0.25) is 5.91 Å². The van der Waals surface area contributed by atoms with Crippen LogP contribution in [0.1, 0.15) is 0 Å². The molecule has 0 fully saturated rings. The number of anilines is 1. The number of amides is 1. The van der Waals surface area contributed by atoms with Crippen molar-refractivity contribution < 1.29 is 4.79 Å². The molecule has 2 heterocycles. The Morgan fingerprint density at radius 3 is 2.78 bits per heavy atom. The summed E-state index contributed by atoms with van der Waals surface area (Å²) in [4.78, 5) is 12.2. The van der Waals surface area contributed by atoms with Gasteiger partial charge in [-0.1, -0.05) is 41.6 Å². The Labute approximate surface area is 169 Å². The van der Waals surface area contributed by atoms with Gasteiger partial charge in [-0.2, -0.15) is 0 Å². The van der Waals surface area contributed by atoms with Crippen molar-refractivity contribution in [3.8, 4) is 11.4 Å². The van der Waals surface area contributed by atoms with Gasteiger partial charge in [0, 0.05) is 38.8 Å². The van der Waals surface area contributed by atoms with E-state index < -0.39 is 0 Å². The molecule has 0 bridgehead atoms. The summed E-state index contributed by atoms with van der Waals surface area (Å²) in [6.07, 6.45) is 0. The number of nitrogens with zero attached hydrogens (tertiary/aromatic N) is 3. The smallest absolute Gasteiger partial charge is 0.234 e. The molecule has 2 aromatic carbocycles. The van der Waals surface area contributed by atoms with E-state index in [2.05, 4.69) is 33.0 Å². The Kier molecular flexibility index (Phi) is 5.15. The molecule has 1 amide bonds. The lowest BCUT2D eigenvalue weighted by Crippen LogP contribution is -2.14. The summed E-state index contributed by atoms with van der Waals surface area (Å²) in [5.41, 5.74) is 1.77. The van der Waals surface area contributed by atoms with Crippen LogP contribution in [-0.4, -0.2) is 26.4 Å². The van der Waals surface area contributed by atoms with Gasteiger partial charge in [0.15, 0.2) is 11.0 Å². The number of thioether (sulfide) groups is 1. The molecule has 0 aliphatic carbocycles. The Hall–Kier alpha value is -2.35. The van der Waals surface area contributed by atoms with Gasteiger partial charge in [0.25, 0.3) is 0 Å². The molecular formula is C19H15ClN4OS2. The van der Waals surface area contributed by atoms with Crippen molar-refractivity contribution in [3.05, 3.63) is 58.9 Å². The van der Waals surface area contributed by atoms with E-state index in [4.69, 9.17) is 11.6 Å². The molecule has 27 heavy (non-hydrogen) atoms. The molecule has 0 spiro atoms. The Balaban J connectivity index is 1.46. The minimum absolute atomic E-state index is 0.104. The molecule has 0 aliphatic heterocycles. The van der Waals surface area contributed by atoms with E-state index in [1.54, 1.807) is 35.6 Å². The molecule has 4 rings (SSSR count). The first-order valence-electron chi connectivity index (χ1n) is 8.16. The Morgan fingerprint density at radius 2 is 1.96 bits per heavy atom. The van der Waals surface area contributed by atoms with Crippen LogP contribution in [0.2, 0.25) is 5.02 Å². The number of hydrogen-bond acceptors (Lipinski definition) is 5. The Morgan fingerprint density at radius 1 is 1.19 bits per heavy atom. The highest BCUT2D eigenvalue weighted by atomic mass is 35.5. The van der Waals surface area contributed by atoms with E-state index >= 15 is 0 Å². The van der Waals surface area contributed by atoms with E-state index in [1.807, 2.05) is 23.7 Å². The maximum atomic E-state index is 12.2. The van der Waals surface area contributed by atoms with Gasteiger partial charge in [-0.05, 0) is 30.3 Å². The van der Waals surface area contributed by atoms with Crippen LogP contribution in [-0.2, 0) is 11.8 Å². The number of fused-ring (bicyclic) bond motifs is 1. The summed E-state index contributed by atoms with van der Waals surface area (Å²) in [7, 11) is 1.92. The highest BCUT2D eigenvalue weighted by Gasteiger charge is 2.16. The predicted molar refractivity (Wildman–Crippen MR) is 113 cm³/mol. The number of carbonyl (C=O) groups is 1. The zero-order valence-corrected chi connectivity index (χ0v) is 16.7. The molecule has 8 heteroatoms.